The molecule has 1 fully saturated rings. The Hall–Kier alpha value is -3.71. The van der Waals surface area contributed by atoms with Gasteiger partial charge in [0.2, 0.25) is 0 Å². The number of amides is 3. The number of hydrogen-bond donors (Lipinski definition) is 3. The molecule has 0 aliphatic carbocycles. The SMILES string of the molecule is CNC(=O)c1ccc(Cl)c(C#Cc2nn(C3CCN(C(=O)OC(C)(C)C)C3)c(N)c2C(N)=O)c1. The van der Waals surface area contributed by atoms with Gasteiger partial charge in [-0.05, 0) is 51.3 Å². The van der Waals surface area contributed by atoms with Crippen LogP contribution in [0.5, 0.6) is 0 Å². The normalized spacial score (nSPS) is 15.4. The summed E-state index contributed by atoms with van der Waals surface area (Å²) in [5.74, 6) is 4.64. The van der Waals surface area contributed by atoms with E-state index in [0.717, 1.165) is 0 Å². The van der Waals surface area contributed by atoms with Gasteiger partial charge in [-0.3, -0.25) is 9.59 Å². The second kappa shape index (κ2) is 9.65. The Kier molecular flexibility index (Phi) is 7.07. The van der Waals surface area contributed by atoms with Gasteiger partial charge in [0.15, 0.2) is 5.69 Å². The molecule has 1 atom stereocenters. The molecular formula is C23H27ClN6O4. The van der Waals surface area contributed by atoms with Crippen LogP contribution in [0, 0.1) is 11.8 Å². The van der Waals surface area contributed by atoms with Crippen molar-refractivity contribution in [2.75, 3.05) is 25.9 Å². The van der Waals surface area contributed by atoms with Crippen LogP contribution in [0.1, 0.15) is 65.2 Å². The topological polar surface area (TPSA) is 146 Å². The number of primary amides is 1. The van der Waals surface area contributed by atoms with Crippen LogP contribution in [0.3, 0.4) is 0 Å². The monoisotopic (exact) mass is 486 g/mol. The number of nitrogens with one attached hydrogen (secondary N) is 1. The largest absolute Gasteiger partial charge is 0.444 e. The van der Waals surface area contributed by atoms with Crippen molar-refractivity contribution in [3.63, 3.8) is 0 Å². The van der Waals surface area contributed by atoms with E-state index < -0.39 is 17.6 Å². The van der Waals surface area contributed by atoms with Crippen molar-refractivity contribution in [1.82, 2.24) is 20.0 Å². The van der Waals surface area contributed by atoms with Crippen LogP contribution in [0.15, 0.2) is 18.2 Å². The molecule has 3 amide bonds. The number of likely N-dealkylation sites (tertiary alicyclic amines) is 1. The quantitative estimate of drug-likeness (QED) is 0.566. The average molecular weight is 487 g/mol. The first-order chi connectivity index (χ1) is 15.9. The highest BCUT2D eigenvalue weighted by Crippen LogP contribution is 2.28. The molecule has 10 nitrogen and oxygen atoms in total. The Morgan fingerprint density at radius 2 is 1.97 bits per heavy atom. The number of anilines is 1. The number of nitrogen functional groups attached to an aromatic ring is 1. The number of carbonyl (C=O) groups excluding carboxylic acids is 3. The van der Waals surface area contributed by atoms with Crippen LogP contribution in [-0.4, -0.2) is 58.3 Å². The van der Waals surface area contributed by atoms with E-state index in [9.17, 15) is 14.4 Å². The minimum Gasteiger partial charge on any atom is -0.444 e. The molecule has 1 unspecified atom stereocenters. The van der Waals surface area contributed by atoms with Crippen molar-refractivity contribution in [2.24, 2.45) is 5.73 Å². The summed E-state index contributed by atoms with van der Waals surface area (Å²) in [5, 5.41) is 7.28. The van der Waals surface area contributed by atoms with Gasteiger partial charge in [0.1, 0.15) is 17.0 Å². The lowest BCUT2D eigenvalue weighted by atomic mass is 10.1. The zero-order valence-corrected chi connectivity index (χ0v) is 20.2. The van der Waals surface area contributed by atoms with Crippen molar-refractivity contribution in [3.8, 4) is 11.8 Å². The van der Waals surface area contributed by atoms with E-state index >= 15 is 0 Å². The number of nitrogens with zero attached hydrogens (tertiary/aromatic N) is 3. The molecule has 1 aliphatic rings. The summed E-state index contributed by atoms with van der Waals surface area (Å²) >= 11 is 6.22. The summed E-state index contributed by atoms with van der Waals surface area (Å²) < 4.78 is 6.89. The van der Waals surface area contributed by atoms with Gasteiger partial charge in [-0.1, -0.05) is 17.5 Å². The second-order valence-corrected chi connectivity index (χ2v) is 9.22. The third-order valence-corrected chi connectivity index (χ3v) is 5.46. The molecule has 2 heterocycles. The molecule has 180 valence electrons. The molecule has 0 saturated carbocycles. The molecule has 1 saturated heterocycles. The molecule has 2 aromatic rings. The Morgan fingerprint density at radius 3 is 2.59 bits per heavy atom. The smallest absolute Gasteiger partial charge is 0.410 e. The summed E-state index contributed by atoms with van der Waals surface area (Å²) in [7, 11) is 1.52. The highest BCUT2D eigenvalue weighted by molar-refractivity contribution is 6.31. The van der Waals surface area contributed by atoms with E-state index in [-0.39, 0.29) is 29.0 Å². The molecule has 1 aliphatic heterocycles. The number of carbonyl (C=O) groups is 3. The number of benzene rings is 1. The maximum atomic E-state index is 12.4. The van der Waals surface area contributed by atoms with E-state index in [2.05, 4.69) is 22.3 Å². The predicted molar refractivity (Wildman–Crippen MR) is 127 cm³/mol. The van der Waals surface area contributed by atoms with Gasteiger partial charge < -0.3 is 26.4 Å². The van der Waals surface area contributed by atoms with Gasteiger partial charge in [0.25, 0.3) is 11.8 Å². The number of halogens is 1. The lowest BCUT2D eigenvalue weighted by Crippen LogP contribution is -2.35. The molecule has 3 rings (SSSR count). The first-order valence-corrected chi connectivity index (χ1v) is 11.0. The summed E-state index contributed by atoms with van der Waals surface area (Å²) in [6, 6.07) is 4.39. The summed E-state index contributed by atoms with van der Waals surface area (Å²) in [6.45, 7) is 6.15. The maximum Gasteiger partial charge on any atom is 0.410 e. The summed E-state index contributed by atoms with van der Waals surface area (Å²) in [5.41, 5.74) is 12.0. The highest BCUT2D eigenvalue weighted by Gasteiger charge is 2.33. The Morgan fingerprint density at radius 1 is 1.26 bits per heavy atom. The van der Waals surface area contributed by atoms with Crippen LogP contribution in [0.4, 0.5) is 10.6 Å². The Bertz CT molecular complexity index is 1200. The molecule has 1 aromatic heterocycles. The number of hydrogen-bond acceptors (Lipinski definition) is 6. The lowest BCUT2D eigenvalue weighted by molar-refractivity contribution is 0.0288. The summed E-state index contributed by atoms with van der Waals surface area (Å²) in [6.07, 6.45) is 0.137. The van der Waals surface area contributed by atoms with Gasteiger partial charge in [0, 0.05) is 31.3 Å². The molecule has 1 aromatic carbocycles. The van der Waals surface area contributed by atoms with Crippen molar-refractivity contribution < 1.29 is 19.1 Å². The number of nitrogens with two attached hydrogens (primary N) is 2. The fourth-order valence-corrected chi connectivity index (χ4v) is 3.69. The fraction of sp³-hybridized carbons (Fsp3) is 0.391. The van der Waals surface area contributed by atoms with Crippen LogP contribution < -0.4 is 16.8 Å². The zero-order valence-electron chi connectivity index (χ0n) is 19.4. The van der Waals surface area contributed by atoms with E-state index in [4.69, 9.17) is 27.8 Å². The fourth-order valence-electron chi connectivity index (χ4n) is 3.52. The Labute approximate surface area is 202 Å². The molecule has 34 heavy (non-hydrogen) atoms. The first kappa shape index (κ1) is 24.9. The minimum atomic E-state index is -0.778. The minimum absolute atomic E-state index is 0.0122. The molecule has 0 spiro atoms. The highest BCUT2D eigenvalue weighted by atomic mass is 35.5. The van der Waals surface area contributed by atoms with E-state index in [1.807, 2.05) is 0 Å². The predicted octanol–water partition coefficient (Wildman–Crippen LogP) is 2.16. The molecule has 5 N–H and O–H groups in total. The number of rotatable bonds is 3. The van der Waals surface area contributed by atoms with Crippen molar-refractivity contribution in [2.45, 2.75) is 38.8 Å². The molecule has 0 radical (unpaired) electrons. The van der Waals surface area contributed by atoms with Crippen molar-refractivity contribution in [3.05, 3.63) is 45.6 Å². The Balaban J connectivity index is 1.91. The zero-order chi connectivity index (χ0) is 25.2. The van der Waals surface area contributed by atoms with E-state index in [0.29, 0.717) is 35.7 Å². The van der Waals surface area contributed by atoms with E-state index in [1.165, 1.54) is 17.8 Å². The molecule has 0 bridgehead atoms. The van der Waals surface area contributed by atoms with Gasteiger partial charge in [-0.15, -0.1) is 0 Å². The van der Waals surface area contributed by atoms with Crippen LogP contribution in [-0.2, 0) is 4.74 Å². The van der Waals surface area contributed by atoms with Gasteiger partial charge in [0.05, 0.1) is 11.1 Å². The van der Waals surface area contributed by atoms with E-state index in [1.54, 1.807) is 37.8 Å². The van der Waals surface area contributed by atoms with Crippen molar-refractivity contribution >= 4 is 35.3 Å². The van der Waals surface area contributed by atoms with Crippen LogP contribution in [0.2, 0.25) is 5.02 Å². The lowest BCUT2D eigenvalue weighted by Gasteiger charge is -2.24. The standard InChI is InChI=1S/C23H27ClN6O4/c1-23(2,3)34-22(33)29-10-9-15(12-29)30-19(25)18(20(26)31)17(28-30)8-6-13-11-14(21(32)27-4)5-7-16(13)24/h5,7,11,15H,9-10,12,25H2,1-4H3,(H2,26,31)(H,27,32). The van der Waals surface area contributed by atoms with Crippen LogP contribution in [0.25, 0.3) is 0 Å². The number of aromatic nitrogens is 2. The third-order valence-electron chi connectivity index (χ3n) is 5.13. The van der Waals surface area contributed by atoms with Crippen LogP contribution >= 0.6 is 11.6 Å². The van der Waals surface area contributed by atoms with Gasteiger partial charge >= 0.3 is 6.09 Å². The molecule has 11 heteroatoms. The summed E-state index contributed by atoms with van der Waals surface area (Å²) in [4.78, 5) is 38.0. The van der Waals surface area contributed by atoms with Crippen molar-refractivity contribution in [1.29, 1.82) is 0 Å². The van der Waals surface area contributed by atoms with Gasteiger partial charge in [-0.2, -0.15) is 5.10 Å². The maximum absolute atomic E-state index is 12.4. The average Bonchev–Trinajstić information content (AvgIpc) is 3.36. The second-order valence-electron chi connectivity index (χ2n) is 8.81. The first-order valence-electron chi connectivity index (χ1n) is 10.6. The molecular weight excluding hydrogens is 460 g/mol. The third kappa shape index (κ3) is 5.43. The van der Waals surface area contributed by atoms with Gasteiger partial charge in [-0.25, -0.2) is 9.48 Å². The number of ether oxygens (including phenoxy) is 1.